The minimum absolute atomic E-state index is 0.0938. The van der Waals surface area contributed by atoms with Gasteiger partial charge in [0, 0.05) is 11.3 Å². The van der Waals surface area contributed by atoms with Gasteiger partial charge in [0.15, 0.2) is 0 Å². The molecule has 5 nitrogen and oxygen atoms in total. The second-order valence-corrected chi connectivity index (χ2v) is 5.21. The molecular formula is C18H20N2O3. The minimum Gasteiger partial charge on any atom is -0.497 e. The molecule has 0 aliphatic heterocycles. The quantitative estimate of drug-likeness (QED) is 0.892. The summed E-state index contributed by atoms with van der Waals surface area (Å²) in [6, 6.07) is 12.5. The van der Waals surface area contributed by atoms with Gasteiger partial charge in [0.1, 0.15) is 5.75 Å². The molecule has 0 aliphatic rings. The number of anilines is 1. The summed E-state index contributed by atoms with van der Waals surface area (Å²) in [5.74, 6) is 0.00690. The number of hydrogen-bond acceptors (Lipinski definition) is 3. The smallest absolute Gasteiger partial charge is 0.251 e. The number of carbonyl (C=O) groups is 2. The first-order chi connectivity index (χ1) is 11.0. The zero-order valence-electron chi connectivity index (χ0n) is 13.5. The Morgan fingerprint density at radius 2 is 1.83 bits per heavy atom. The van der Waals surface area contributed by atoms with Crippen molar-refractivity contribution in [3.63, 3.8) is 0 Å². The molecule has 0 bridgehead atoms. The number of aryl methyl sites for hydroxylation is 1. The molecule has 2 amide bonds. The van der Waals surface area contributed by atoms with E-state index in [1.165, 1.54) is 7.11 Å². The van der Waals surface area contributed by atoms with E-state index in [1.807, 2.05) is 32.0 Å². The molecule has 0 saturated heterocycles. The lowest BCUT2D eigenvalue weighted by Gasteiger charge is -2.11. The highest BCUT2D eigenvalue weighted by molar-refractivity contribution is 5.99. The first-order valence-electron chi connectivity index (χ1n) is 7.29. The zero-order chi connectivity index (χ0) is 16.8. The minimum atomic E-state index is -0.319. The third-order valence-corrected chi connectivity index (χ3v) is 3.62. The lowest BCUT2D eigenvalue weighted by Crippen LogP contribution is -2.33. The van der Waals surface area contributed by atoms with Crippen LogP contribution in [0.25, 0.3) is 0 Å². The molecule has 0 atom stereocenters. The SMILES string of the molecule is COc1cccc(C(=O)NCC(=O)Nc2cccc(C)c2C)c1. The van der Waals surface area contributed by atoms with E-state index in [-0.39, 0.29) is 18.4 Å². The van der Waals surface area contributed by atoms with Gasteiger partial charge in [-0.25, -0.2) is 0 Å². The Morgan fingerprint density at radius 3 is 2.57 bits per heavy atom. The van der Waals surface area contributed by atoms with Crippen molar-refractivity contribution < 1.29 is 14.3 Å². The van der Waals surface area contributed by atoms with Crippen LogP contribution in [0, 0.1) is 13.8 Å². The van der Waals surface area contributed by atoms with Crippen LogP contribution in [0.1, 0.15) is 21.5 Å². The third kappa shape index (κ3) is 4.32. The summed E-state index contributed by atoms with van der Waals surface area (Å²) in [6.07, 6.45) is 0. The molecule has 0 saturated carbocycles. The number of rotatable bonds is 5. The van der Waals surface area contributed by atoms with Crippen LogP contribution in [0.2, 0.25) is 0 Å². The maximum atomic E-state index is 12.0. The molecule has 0 heterocycles. The number of methoxy groups -OCH3 is 1. The van der Waals surface area contributed by atoms with E-state index in [4.69, 9.17) is 4.74 Å². The van der Waals surface area contributed by atoms with Crippen LogP contribution in [0.4, 0.5) is 5.69 Å². The molecule has 0 radical (unpaired) electrons. The fraction of sp³-hybridized carbons (Fsp3) is 0.222. The van der Waals surface area contributed by atoms with Crippen molar-refractivity contribution >= 4 is 17.5 Å². The molecule has 2 aromatic carbocycles. The molecule has 0 fully saturated rings. The van der Waals surface area contributed by atoms with Gasteiger partial charge < -0.3 is 15.4 Å². The van der Waals surface area contributed by atoms with Crippen molar-refractivity contribution in [1.29, 1.82) is 0 Å². The van der Waals surface area contributed by atoms with E-state index in [9.17, 15) is 9.59 Å². The van der Waals surface area contributed by atoms with Crippen molar-refractivity contribution in [1.82, 2.24) is 5.32 Å². The highest BCUT2D eigenvalue weighted by Gasteiger charge is 2.10. The van der Waals surface area contributed by atoms with E-state index >= 15 is 0 Å². The number of nitrogens with one attached hydrogen (secondary N) is 2. The first kappa shape index (κ1) is 16.5. The van der Waals surface area contributed by atoms with Gasteiger partial charge in [-0.3, -0.25) is 9.59 Å². The van der Waals surface area contributed by atoms with Gasteiger partial charge in [0.2, 0.25) is 5.91 Å². The van der Waals surface area contributed by atoms with E-state index in [1.54, 1.807) is 24.3 Å². The molecule has 0 aromatic heterocycles. The summed E-state index contributed by atoms with van der Waals surface area (Å²) >= 11 is 0. The van der Waals surface area contributed by atoms with Gasteiger partial charge >= 0.3 is 0 Å². The average Bonchev–Trinajstić information content (AvgIpc) is 2.57. The van der Waals surface area contributed by atoms with Gasteiger partial charge in [0.05, 0.1) is 13.7 Å². The highest BCUT2D eigenvalue weighted by Crippen LogP contribution is 2.17. The molecule has 23 heavy (non-hydrogen) atoms. The lowest BCUT2D eigenvalue weighted by atomic mass is 10.1. The first-order valence-corrected chi connectivity index (χ1v) is 7.29. The van der Waals surface area contributed by atoms with Crippen molar-refractivity contribution in [2.45, 2.75) is 13.8 Å². The van der Waals surface area contributed by atoms with Crippen molar-refractivity contribution in [2.24, 2.45) is 0 Å². The van der Waals surface area contributed by atoms with Gasteiger partial charge in [0.25, 0.3) is 5.91 Å². The number of benzene rings is 2. The van der Waals surface area contributed by atoms with Crippen LogP contribution in [0.15, 0.2) is 42.5 Å². The van der Waals surface area contributed by atoms with Crippen LogP contribution >= 0.6 is 0 Å². The predicted octanol–water partition coefficient (Wildman–Crippen LogP) is 2.68. The van der Waals surface area contributed by atoms with Crippen molar-refractivity contribution in [3.8, 4) is 5.75 Å². The van der Waals surface area contributed by atoms with Crippen LogP contribution in [0.3, 0.4) is 0 Å². The summed E-state index contributed by atoms with van der Waals surface area (Å²) in [5, 5.41) is 5.40. The topological polar surface area (TPSA) is 67.4 Å². The molecule has 0 unspecified atom stereocenters. The van der Waals surface area contributed by atoms with E-state index in [2.05, 4.69) is 10.6 Å². The Hall–Kier alpha value is -2.82. The summed E-state index contributed by atoms with van der Waals surface area (Å²) in [6.45, 7) is 3.83. The summed E-state index contributed by atoms with van der Waals surface area (Å²) in [7, 11) is 1.54. The third-order valence-electron chi connectivity index (χ3n) is 3.62. The molecule has 0 aliphatic carbocycles. The van der Waals surface area contributed by atoms with Crippen LogP contribution < -0.4 is 15.4 Å². The summed E-state index contributed by atoms with van der Waals surface area (Å²) in [4.78, 5) is 24.0. The van der Waals surface area contributed by atoms with Gasteiger partial charge in [-0.1, -0.05) is 18.2 Å². The highest BCUT2D eigenvalue weighted by atomic mass is 16.5. The molecule has 2 N–H and O–H groups in total. The summed E-state index contributed by atoms with van der Waals surface area (Å²) in [5.41, 5.74) is 3.32. The fourth-order valence-electron chi connectivity index (χ4n) is 2.11. The van der Waals surface area contributed by atoms with E-state index < -0.39 is 0 Å². The monoisotopic (exact) mass is 312 g/mol. The Kier molecular flexibility index (Phi) is 5.36. The fourth-order valence-corrected chi connectivity index (χ4v) is 2.11. The second-order valence-electron chi connectivity index (χ2n) is 5.21. The zero-order valence-corrected chi connectivity index (χ0v) is 13.5. The molecule has 120 valence electrons. The standard InChI is InChI=1S/C18H20N2O3/c1-12-6-4-9-16(13(12)2)20-17(21)11-19-18(22)14-7-5-8-15(10-14)23-3/h4-10H,11H2,1-3H3,(H,19,22)(H,20,21). The Labute approximate surface area is 135 Å². The van der Waals surface area contributed by atoms with Gasteiger partial charge in [-0.15, -0.1) is 0 Å². The number of ether oxygens (including phenoxy) is 1. The Bertz CT molecular complexity index is 726. The van der Waals surface area contributed by atoms with E-state index in [0.29, 0.717) is 11.3 Å². The lowest BCUT2D eigenvalue weighted by molar-refractivity contribution is -0.115. The van der Waals surface area contributed by atoms with Gasteiger partial charge in [-0.2, -0.15) is 0 Å². The van der Waals surface area contributed by atoms with Crippen LogP contribution in [0.5, 0.6) is 5.75 Å². The van der Waals surface area contributed by atoms with Crippen LogP contribution in [-0.4, -0.2) is 25.5 Å². The molecule has 5 heteroatoms. The van der Waals surface area contributed by atoms with Gasteiger partial charge in [-0.05, 0) is 49.2 Å². The summed E-state index contributed by atoms with van der Waals surface area (Å²) < 4.78 is 5.07. The average molecular weight is 312 g/mol. The second kappa shape index (κ2) is 7.45. The van der Waals surface area contributed by atoms with Crippen LogP contribution in [-0.2, 0) is 4.79 Å². The predicted molar refractivity (Wildman–Crippen MR) is 89.9 cm³/mol. The Morgan fingerprint density at radius 1 is 1.09 bits per heavy atom. The molecule has 2 rings (SSSR count). The number of hydrogen-bond donors (Lipinski definition) is 2. The maximum Gasteiger partial charge on any atom is 0.251 e. The van der Waals surface area contributed by atoms with Crippen molar-refractivity contribution in [3.05, 3.63) is 59.2 Å². The van der Waals surface area contributed by atoms with E-state index in [0.717, 1.165) is 16.8 Å². The largest absolute Gasteiger partial charge is 0.497 e. The number of amides is 2. The Balaban J connectivity index is 1.93. The van der Waals surface area contributed by atoms with Crippen molar-refractivity contribution in [2.75, 3.05) is 19.0 Å². The normalized spacial score (nSPS) is 10.0. The molecular weight excluding hydrogens is 292 g/mol. The number of carbonyl (C=O) groups excluding carboxylic acids is 2. The maximum absolute atomic E-state index is 12.0. The molecule has 2 aromatic rings. The molecule has 0 spiro atoms.